The van der Waals surface area contributed by atoms with Crippen molar-refractivity contribution < 1.29 is 0 Å². The Morgan fingerprint density at radius 2 is 1.32 bits per heavy atom. The van der Waals surface area contributed by atoms with Crippen molar-refractivity contribution in [3.8, 4) is 0 Å². The Bertz CT molecular complexity index is 285. The van der Waals surface area contributed by atoms with E-state index < -0.39 is 18.4 Å². The molecule has 1 nitrogen and oxygen atoms in total. The van der Waals surface area contributed by atoms with Gasteiger partial charge in [0.15, 0.2) is 0 Å². The van der Waals surface area contributed by atoms with Gasteiger partial charge in [0.25, 0.3) is 0 Å². The number of nitrogens with zero attached hydrogens (tertiary/aromatic N) is 1. The van der Waals surface area contributed by atoms with E-state index in [4.69, 9.17) is 4.99 Å². The van der Waals surface area contributed by atoms with E-state index in [0.29, 0.717) is 9.98 Å². The Morgan fingerprint density at radius 1 is 0.864 bits per heavy atom. The Balaban J connectivity index is 5.44. The van der Waals surface area contributed by atoms with Crippen molar-refractivity contribution in [1.29, 1.82) is 0 Å². The average molecular weight is 414 g/mol. The molecule has 130 valence electrons. The Morgan fingerprint density at radius 3 is 1.64 bits per heavy atom. The predicted molar refractivity (Wildman–Crippen MR) is 107 cm³/mol. The standard InChI is InChI=1S/C8H14N.3C4H9.Sn/c1-4-5-6-9-7-8(2)3;3*1-3-4-2;/h4-8H,1-3H3;3*1,3-4H2,2H3;/b5-4+,9-6+;;;;. The molecule has 0 radical (unpaired) electrons. The van der Waals surface area contributed by atoms with E-state index in [0.717, 1.165) is 0 Å². The predicted octanol–water partition coefficient (Wildman–Crippen LogP) is 7.05. The fourth-order valence-corrected chi connectivity index (χ4v) is 22.6. The summed E-state index contributed by atoms with van der Waals surface area (Å²) in [5.41, 5.74) is 0. The molecule has 2 heteroatoms. The summed E-state index contributed by atoms with van der Waals surface area (Å²) in [5, 5.41) is 0. The summed E-state index contributed by atoms with van der Waals surface area (Å²) in [4.78, 5) is 5.13. The second kappa shape index (κ2) is 13.6. The first-order valence-corrected chi connectivity index (χ1v) is 17.4. The summed E-state index contributed by atoms with van der Waals surface area (Å²) in [7, 11) is 0. The number of aliphatic imine (C=N–C) groups is 1. The first-order chi connectivity index (χ1) is 10.6. The molecule has 0 amide bonds. The summed E-state index contributed by atoms with van der Waals surface area (Å²) in [5.74, 6) is 0.711. The zero-order valence-electron chi connectivity index (χ0n) is 16.2. The van der Waals surface area contributed by atoms with Gasteiger partial charge in [-0.2, -0.15) is 0 Å². The summed E-state index contributed by atoms with van der Waals surface area (Å²) < 4.78 is 5.35. The van der Waals surface area contributed by atoms with Gasteiger partial charge in [0.2, 0.25) is 0 Å². The van der Waals surface area contributed by atoms with E-state index in [9.17, 15) is 0 Å². The molecule has 0 saturated carbocycles. The molecular formula is C20H41NSn. The van der Waals surface area contributed by atoms with E-state index in [-0.39, 0.29) is 0 Å². The van der Waals surface area contributed by atoms with Gasteiger partial charge in [-0.25, -0.2) is 0 Å². The van der Waals surface area contributed by atoms with E-state index in [1.54, 1.807) is 13.3 Å². The number of hydrogen-bond acceptors (Lipinski definition) is 1. The van der Waals surface area contributed by atoms with Crippen LogP contribution in [0, 0.1) is 5.92 Å². The monoisotopic (exact) mass is 415 g/mol. The van der Waals surface area contributed by atoms with Gasteiger partial charge < -0.3 is 0 Å². The van der Waals surface area contributed by atoms with Gasteiger partial charge in [-0.05, 0) is 0 Å². The molecule has 0 aromatic rings. The minimum absolute atomic E-state index is 0.676. The van der Waals surface area contributed by atoms with Gasteiger partial charge in [0, 0.05) is 0 Å². The van der Waals surface area contributed by atoms with Crippen LogP contribution in [0.15, 0.2) is 17.1 Å². The third-order valence-electron chi connectivity index (χ3n) is 4.87. The van der Waals surface area contributed by atoms with Crippen LogP contribution >= 0.6 is 0 Å². The van der Waals surface area contributed by atoms with Crippen molar-refractivity contribution in [2.45, 2.75) is 97.4 Å². The van der Waals surface area contributed by atoms with Crippen LogP contribution in [0.3, 0.4) is 0 Å². The van der Waals surface area contributed by atoms with Gasteiger partial charge in [0.05, 0.1) is 0 Å². The third-order valence-corrected chi connectivity index (χ3v) is 22.3. The molecule has 1 atom stereocenters. The summed E-state index contributed by atoms with van der Waals surface area (Å²) in [6.45, 7) is 14.0. The first-order valence-electron chi connectivity index (χ1n) is 9.72. The maximum atomic E-state index is 5.13. The van der Waals surface area contributed by atoms with Crippen molar-refractivity contribution >= 4 is 24.6 Å². The molecule has 0 bridgehead atoms. The van der Waals surface area contributed by atoms with Crippen molar-refractivity contribution in [2.24, 2.45) is 10.9 Å². The second-order valence-electron chi connectivity index (χ2n) is 7.19. The van der Waals surface area contributed by atoms with Gasteiger partial charge >= 0.3 is 145 Å². The number of allylic oxidation sites excluding steroid dienone is 2. The molecule has 1 unspecified atom stereocenters. The molecule has 0 aliphatic rings. The molecule has 22 heavy (non-hydrogen) atoms. The van der Waals surface area contributed by atoms with Crippen LogP contribution in [0.2, 0.25) is 13.3 Å². The molecule has 0 fully saturated rings. The van der Waals surface area contributed by atoms with Crippen molar-refractivity contribution in [1.82, 2.24) is 0 Å². The molecule has 0 saturated heterocycles. The van der Waals surface area contributed by atoms with E-state index in [1.807, 2.05) is 0 Å². The van der Waals surface area contributed by atoms with E-state index in [1.165, 1.54) is 38.5 Å². The molecule has 0 aromatic carbocycles. The van der Waals surface area contributed by atoms with Crippen molar-refractivity contribution in [2.75, 3.05) is 0 Å². The first kappa shape index (κ1) is 22.2. The Labute approximate surface area is 144 Å². The van der Waals surface area contributed by atoms with Crippen LogP contribution in [-0.4, -0.2) is 28.6 Å². The second-order valence-corrected chi connectivity index (χ2v) is 20.9. The summed E-state index contributed by atoms with van der Waals surface area (Å²) in [6, 6.07) is 0. The fraction of sp³-hybridized carbons (Fsp3) is 0.850. The minimum atomic E-state index is -2.23. The van der Waals surface area contributed by atoms with Gasteiger partial charge in [-0.3, -0.25) is 0 Å². The van der Waals surface area contributed by atoms with Crippen LogP contribution in [0.25, 0.3) is 0 Å². The number of hydrogen-bond donors (Lipinski definition) is 0. The Hall–Kier alpha value is 0.209. The van der Waals surface area contributed by atoms with Crippen LogP contribution in [-0.2, 0) is 0 Å². The summed E-state index contributed by atoms with van der Waals surface area (Å²) >= 11 is -2.23. The molecule has 0 heterocycles. The molecule has 0 aromatic heterocycles. The molecule has 0 spiro atoms. The van der Waals surface area contributed by atoms with Gasteiger partial charge in [-0.15, -0.1) is 0 Å². The van der Waals surface area contributed by atoms with Crippen molar-refractivity contribution in [3.05, 3.63) is 12.2 Å². The Kier molecular flexibility index (Phi) is 13.8. The van der Waals surface area contributed by atoms with Crippen molar-refractivity contribution in [3.63, 3.8) is 0 Å². The maximum absolute atomic E-state index is 5.13. The average Bonchev–Trinajstić information content (AvgIpc) is 2.51. The van der Waals surface area contributed by atoms with Gasteiger partial charge in [0.1, 0.15) is 0 Å². The van der Waals surface area contributed by atoms with Crippen LogP contribution in [0.1, 0.15) is 80.1 Å². The van der Waals surface area contributed by atoms with Crippen LogP contribution in [0.5, 0.6) is 0 Å². The quantitative estimate of drug-likeness (QED) is 0.226. The topological polar surface area (TPSA) is 12.4 Å². The molecule has 0 N–H and O–H groups in total. The number of rotatable bonds is 13. The third kappa shape index (κ3) is 8.17. The normalized spacial score (nSPS) is 14.5. The van der Waals surface area contributed by atoms with E-state index in [2.05, 4.69) is 59.9 Å². The number of unbranched alkanes of at least 4 members (excludes halogenated alkanes) is 3. The van der Waals surface area contributed by atoms with Crippen LogP contribution < -0.4 is 0 Å². The van der Waals surface area contributed by atoms with Crippen LogP contribution in [0.4, 0.5) is 0 Å². The molecule has 0 aliphatic carbocycles. The zero-order valence-corrected chi connectivity index (χ0v) is 19.1. The SMILES string of the molecule is C/C=C/C=N/[CH](C(C)C)[Sn]([CH2]CCC)([CH2]CCC)[CH2]CCC. The molecule has 0 rings (SSSR count). The fourth-order valence-electron chi connectivity index (χ4n) is 3.67. The zero-order chi connectivity index (χ0) is 16.8. The van der Waals surface area contributed by atoms with E-state index >= 15 is 0 Å². The molecular weight excluding hydrogens is 373 g/mol. The summed E-state index contributed by atoms with van der Waals surface area (Å²) in [6.07, 6.45) is 14.7. The van der Waals surface area contributed by atoms with Gasteiger partial charge in [-0.1, -0.05) is 0 Å². The molecule has 0 aliphatic heterocycles.